The number of carbonyl (C=O) groups excluding carboxylic acids is 1. The number of benzene rings is 2. The van der Waals surface area contributed by atoms with Crippen LogP contribution in [0.3, 0.4) is 0 Å². The van der Waals surface area contributed by atoms with Crippen LogP contribution in [0.2, 0.25) is 0 Å². The highest BCUT2D eigenvalue weighted by atomic mass is 16.1. The fraction of sp³-hybridized carbons (Fsp3) is 0.519. The topological polar surface area (TPSA) is 17.1 Å². The molecule has 0 bridgehead atoms. The van der Waals surface area contributed by atoms with E-state index in [0.29, 0.717) is 29.5 Å². The molecular weight excluding hydrogens is 340 g/mol. The number of aryl methyl sites for hydroxylation is 4. The molecule has 2 saturated carbocycles. The lowest BCUT2D eigenvalue weighted by Gasteiger charge is -2.21. The van der Waals surface area contributed by atoms with Crippen LogP contribution in [0.15, 0.2) is 36.4 Å². The Hall–Kier alpha value is -1.89. The Bertz CT molecular complexity index is 798. The largest absolute Gasteiger partial charge is 0.300 e. The number of ketones is 1. The van der Waals surface area contributed by atoms with Gasteiger partial charge in [0.2, 0.25) is 0 Å². The molecule has 0 N–H and O–H groups in total. The molecule has 1 nitrogen and oxygen atoms in total. The van der Waals surface area contributed by atoms with Crippen molar-refractivity contribution in [1.29, 1.82) is 0 Å². The molecule has 0 spiro atoms. The standard InChI is InChI=1S/C27H34O/c1-17-5-7-23(13-19(17)3)26(21-9-10-21)15-25(28)16-27(22-11-12-22)24-8-6-18(2)20(4)14-24/h5-8,13-14,21-22,26-27H,9-12,15-16H2,1-4H3/t26-,27+. The summed E-state index contributed by atoms with van der Waals surface area (Å²) in [5.74, 6) is 2.74. The fourth-order valence-corrected chi connectivity index (χ4v) is 4.67. The number of rotatable bonds is 8. The summed E-state index contributed by atoms with van der Waals surface area (Å²) < 4.78 is 0. The van der Waals surface area contributed by atoms with Crippen LogP contribution in [0.1, 0.15) is 83.7 Å². The minimum Gasteiger partial charge on any atom is -0.300 e. The van der Waals surface area contributed by atoms with Crippen LogP contribution in [-0.4, -0.2) is 5.78 Å². The Morgan fingerprint density at radius 2 is 1.11 bits per heavy atom. The zero-order chi connectivity index (χ0) is 19.8. The molecule has 0 heterocycles. The van der Waals surface area contributed by atoms with Gasteiger partial charge in [-0.25, -0.2) is 0 Å². The molecule has 0 saturated heterocycles. The van der Waals surface area contributed by atoms with Crippen LogP contribution in [0.4, 0.5) is 0 Å². The average molecular weight is 375 g/mol. The zero-order valence-corrected chi connectivity index (χ0v) is 17.9. The molecule has 2 aliphatic rings. The van der Waals surface area contributed by atoms with E-state index in [1.54, 1.807) is 0 Å². The molecule has 2 aliphatic carbocycles. The zero-order valence-electron chi connectivity index (χ0n) is 17.9. The monoisotopic (exact) mass is 374 g/mol. The summed E-state index contributed by atoms with van der Waals surface area (Å²) >= 11 is 0. The third kappa shape index (κ3) is 4.40. The molecule has 28 heavy (non-hydrogen) atoms. The van der Waals surface area contributed by atoms with Gasteiger partial charge < -0.3 is 0 Å². The van der Waals surface area contributed by atoms with Gasteiger partial charge in [0, 0.05) is 12.8 Å². The lowest BCUT2D eigenvalue weighted by atomic mass is 9.83. The molecule has 0 amide bonds. The van der Waals surface area contributed by atoms with E-state index in [1.807, 2.05) is 0 Å². The van der Waals surface area contributed by atoms with Crippen molar-refractivity contribution in [2.45, 2.75) is 78.1 Å². The molecular formula is C27H34O. The summed E-state index contributed by atoms with van der Waals surface area (Å²) in [6, 6.07) is 13.6. The fourth-order valence-electron chi connectivity index (χ4n) is 4.67. The Balaban J connectivity index is 1.49. The third-order valence-corrected chi connectivity index (χ3v) is 7.20. The lowest BCUT2D eigenvalue weighted by Crippen LogP contribution is -2.14. The second-order valence-electron chi connectivity index (χ2n) is 9.52. The molecule has 0 unspecified atom stereocenters. The van der Waals surface area contributed by atoms with Gasteiger partial charge >= 0.3 is 0 Å². The van der Waals surface area contributed by atoms with Gasteiger partial charge in [0.05, 0.1) is 0 Å². The molecule has 2 aromatic rings. The molecule has 0 radical (unpaired) electrons. The van der Waals surface area contributed by atoms with Crippen molar-refractivity contribution in [2.75, 3.05) is 0 Å². The van der Waals surface area contributed by atoms with Crippen LogP contribution in [-0.2, 0) is 4.79 Å². The Morgan fingerprint density at radius 3 is 1.43 bits per heavy atom. The van der Waals surface area contributed by atoms with Crippen molar-refractivity contribution in [3.05, 3.63) is 69.8 Å². The van der Waals surface area contributed by atoms with Crippen LogP contribution in [0, 0.1) is 39.5 Å². The first-order chi connectivity index (χ1) is 13.4. The van der Waals surface area contributed by atoms with Crippen molar-refractivity contribution in [1.82, 2.24) is 0 Å². The van der Waals surface area contributed by atoms with Crippen molar-refractivity contribution < 1.29 is 4.79 Å². The van der Waals surface area contributed by atoms with Gasteiger partial charge in [0.15, 0.2) is 0 Å². The molecule has 2 fully saturated rings. The summed E-state index contributed by atoms with van der Waals surface area (Å²) in [5, 5.41) is 0. The van der Waals surface area contributed by atoms with Gasteiger partial charge in [0.25, 0.3) is 0 Å². The molecule has 2 atom stereocenters. The van der Waals surface area contributed by atoms with E-state index in [-0.39, 0.29) is 0 Å². The first-order valence-corrected chi connectivity index (χ1v) is 11.1. The van der Waals surface area contributed by atoms with Crippen LogP contribution in [0.25, 0.3) is 0 Å². The van der Waals surface area contributed by atoms with Gasteiger partial charge in [-0.1, -0.05) is 36.4 Å². The van der Waals surface area contributed by atoms with E-state index < -0.39 is 0 Å². The summed E-state index contributed by atoms with van der Waals surface area (Å²) in [5.41, 5.74) is 8.14. The molecule has 0 aromatic heterocycles. The van der Waals surface area contributed by atoms with Crippen LogP contribution < -0.4 is 0 Å². The predicted octanol–water partition coefficient (Wildman–Crippen LogP) is 6.96. The minimum absolute atomic E-state index is 0.423. The van der Waals surface area contributed by atoms with Crippen molar-refractivity contribution in [2.24, 2.45) is 11.8 Å². The number of hydrogen-bond acceptors (Lipinski definition) is 1. The third-order valence-electron chi connectivity index (χ3n) is 7.20. The first kappa shape index (κ1) is 19.4. The molecule has 4 rings (SSSR count). The van der Waals surface area contributed by atoms with E-state index in [1.165, 1.54) is 59.1 Å². The number of hydrogen-bond donors (Lipinski definition) is 0. The first-order valence-electron chi connectivity index (χ1n) is 11.1. The summed E-state index contributed by atoms with van der Waals surface area (Å²) in [4.78, 5) is 13.2. The SMILES string of the molecule is Cc1ccc([C@@H](CC(=O)C[C@@H](c2ccc(C)c(C)c2)C2CC2)C2CC2)cc1C. The maximum absolute atomic E-state index is 13.2. The maximum Gasteiger partial charge on any atom is 0.134 e. The Morgan fingerprint density at radius 1 is 0.714 bits per heavy atom. The quantitative estimate of drug-likeness (QED) is 0.488. The highest BCUT2D eigenvalue weighted by Crippen LogP contribution is 2.48. The maximum atomic E-state index is 13.2. The van der Waals surface area contributed by atoms with Gasteiger partial charge in [-0.05, 0) is 110 Å². The Kier molecular flexibility index (Phi) is 5.45. The van der Waals surface area contributed by atoms with Crippen molar-refractivity contribution in [3.8, 4) is 0 Å². The van der Waals surface area contributed by atoms with Gasteiger partial charge in [-0.15, -0.1) is 0 Å². The van der Waals surface area contributed by atoms with E-state index in [2.05, 4.69) is 64.1 Å². The predicted molar refractivity (Wildman–Crippen MR) is 117 cm³/mol. The number of carbonyl (C=O) groups is 1. The second kappa shape index (κ2) is 7.85. The van der Waals surface area contributed by atoms with E-state index >= 15 is 0 Å². The lowest BCUT2D eigenvalue weighted by molar-refractivity contribution is -0.120. The second-order valence-corrected chi connectivity index (χ2v) is 9.52. The summed E-state index contributed by atoms with van der Waals surface area (Å²) in [7, 11) is 0. The Labute approximate surface area is 170 Å². The highest BCUT2D eigenvalue weighted by Gasteiger charge is 2.37. The molecule has 2 aromatic carbocycles. The molecule has 1 heteroatoms. The van der Waals surface area contributed by atoms with E-state index in [9.17, 15) is 4.79 Å². The molecule has 0 aliphatic heterocycles. The minimum atomic E-state index is 0.423. The van der Waals surface area contributed by atoms with Crippen molar-refractivity contribution >= 4 is 5.78 Å². The summed E-state index contributed by atoms with van der Waals surface area (Å²) in [6.07, 6.45) is 6.59. The average Bonchev–Trinajstić information content (AvgIpc) is 3.55. The van der Waals surface area contributed by atoms with E-state index in [4.69, 9.17) is 0 Å². The number of Topliss-reactive ketones (excluding diaryl/α,β-unsaturated/α-hetero) is 1. The van der Waals surface area contributed by atoms with E-state index in [0.717, 1.165) is 12.8 Å². The normalized spacial score (nSPS) is 18.7. The molecule has 148 valence electrons. The van der Waals surface area contributed by atoms with Crippen molar-refractivity contribution in [3.63, 3.8) is 0 Å². The van der Waals surface area contributed by atoms with Crippen LogP contribution >= 0.6 is 0 Å². The van der Waals surface area contributed by atoms with Gasteiger partial charge in [-0.2, -0.15) is 0 Å². The highest BCUT2D eigenvalue weighted by molar-refractivity contribution is 5.80. The van der Waals surface area contributed by atoms with Crippen LogP contribution in [0.5, 0.6) is 0 Å². The van der Waals surface area contributed by atoms with Gasteiger partial charge in [0.1, 0.15) is 5.78 Å². The summed E-state index contributed by atoms with van der Waals surface area (Å²) in [6.45, 7) is 8.71. The van der Waals surface area contributed by atoms with Gasteiger partial charge in [-0.3, -0.25) is 4.79 Å². The smallest absolute Gasteiger partial charge is 0.134 e.